The maximum atomic E-state index is 13.0. The zero-order valence-electron chi connectivity index (χ0n) is 9.33. The van der Waals surface area contributed by atoms with Crippen LogP contribution in [0.25, 0.3) is 0 Å². The summed E-state index contributed by atoms with van der Waals surface area (Å²) in [5, 5.41) is 10.8. The van der Waals surface area contributed by atoms with Crippen molar-refractivity contribution >= 4 is 5.69 Å². The third kappa shape index (κ3) is 2.53. The Morgan fingerprint density at radius 1 is 1.38 bits per heavy atom. The van der Waals surface area contributed by atoms with Gasteiger partial charge in [0.25, 0.3) is 11.6 Å². The number of rotatable bonds is 3. The van der Waals surface area contributed by atoms with Crippen LogP contribution in [0.3, 0.4) is 0 Å². The summed E-state index contributed by atoms with van der Waals surface area (Å²) in [6, 6.07) is 3.59. The Balaban J connectivity index is 3.34. The summed E-state index contributed by atoms with van der Waals surface area (Å²) in [4.78, 5) is 10.1. The molecule has 0 heterocycles. The minimum Gasteiger partial charge on any atom is -0.258 e. The van der Waals surface area contributed by atoms with Crippen LogP contribution in [0, 0.1) is 10.1 Å². The Bertz CT molecular complexity index is 411. The standard InChI is InChI=1S/C11H13F2NO2/c1-7(2)9-5-4-8(11(3,12)13)6-10(9)14(15)16/h4-7H,1-3H3. The van der Waals surface area contributed by atoms with E-state index in [9.17, 15) is 18.9 Å². The lowest BCUT2D eigenvalue weighted by Crippen LogP contribution is -2.08. The van der Waals surface area contributed by atoms with E-state index in [1.54, 1.807) is 13.8 Å². The molecule has 88 valence electrons. The van der Waals surface area contributed by atoms with Crippen molar-refractivity contribution in [1.82, 2.24) is 0 Å². The van der Waals surface area contributed by atoms with Gasteiger partial charge in [-0.2, -0.15) is 0 Å². The number of nitrogens with zero attached hydrogens (tertiary/aromatic N) is 1. The second kappa shape index (κ2) is 4.15. The molecule has 3 nitrogen and oxygen atoms in total. The fourth-order valence-corrected chi connectivity index (χ4v) is 1.46. The van der Waals surface area contributed by atoms with Crippen LogP contribution in [-0.4, -0.2) is 4.92 Å². The highest BCUT2D eigenvalue weighted by atomic mass is 19.3. The third-order valence-electron chi connectivity index (χ3n) is 2.36. The predicted octanol–water partition coefficient (Wildman–Crippen LogP) is 3.83. The van der Waals surface area contributed by atoms with E-state index in [1.807, 2.05) is 0 Å². The molecule has 0 radical (unpaired) electrons. The first-order valence-electron chi connectivity index (χ1n) is 4.90. The van der Waals surface area contributed by atoms with E-state index in [0.29, 0.717) is 5.56 Å². The van der Waals surface area contributed by atoms with Crippen molar-refractivity contribution in [3.05, 3.63) is 39.4 Å². The Labute approximate surface area is 92.2 Å². The number of nitro groups is 1. The van der Waals surface area contributed by atoms with Crippen LogP contribution in [0.2, 0.25) is 0 Å². The maximum Gasteiger partial charge on any atom is 0.273 e. The van der Waals surface area contributed by atoms with E-state index in [4.69, 9.17) is 0 Å². The van der Waals surface area contributed by atoms with Crippen LogP contribution in [0.15, 0.2) is 18.2 Å². The highest BCUT2D eigenvalue weighted by molar-refractivity contribution is 5.46. The third-order valence-corrected chi connectivity index (χ3v) is 2.36. The molecule has 0 N–H and O–H groups in total. The molecule has 1 aromatic rings. The Hall–Kier alpha value is -1.52. The topological polar surface area (TPSA) is 43.1 Å². The summed E-state index contributed by atoms with van der Waals surface area (Å²) in [5.74, 6) is -3.12. The van der Waals surface area contributed by atoms with Gasteiger partial charge in [0, 0.05) is 24.1 Å². The zero-order chi connectivity index (χ0) is 12.5. The van der Waals surface area contributed by atoms with E-state index in [-0.39, 0.29) is 17.2 Å². The number of benzene rings is 1. The number of nitro benzene ring substituents is 1. The molecule has 0 spiro atoms. The molecular weight excluding hydrogens is 216 g/mol. The maximum absolute atomic E-state index is 13.0. The normalized spacial score (nSPS) is 11.9. The zero-order valence-corrected chi connectivity index (χ0v) is 9.33. The first-order chi connectivity index (χ1) is 7.23. The van der Waals surface area contributed by atoms with Gasteiger partial charge in [0.1, 0.15) is 0 Å². The van der Waals surface area contributed by atoms with Crippen molar-refractivity contribution in [2.24, 2.45) is 0 Å². The van der Waals surface area contributed by atoms with Crippen LogP contribution in [0.5, 0.6) is 0 Å². The molecule has 0 fully saturated rings. The van der Waals surface area contributed by atoms with Crippen LogP contribution in [0.4, 0.5) is 14.5 Å². The molecule has 0 saturated heterocycles. The molecule has 0 bridgehead atoms. The van der Waals surface area contributed by atoms with Gasteiger partial charge in [-0.25, -0.2) is 8.78 Å². The molecule has 0 atom stereocenters. The molecule has 0 unspecified atom stereocenters. The lowest BCUT2D eigenvalue weighted by Gasteiger charge is -2.13. The van der Waals surface area contributed by atoms with Crippen LogP contribution in [-0.2, 0) is 5.92 Å². The van der Waals surface area contributed by atoms with Gasteiger partial charge in [-0.1, -0.05) is 26.0 Å². The molecule has 0 amide bonds. The highest BCUT2D eigenvalue weighted by Gasteiger charge is 2.28. The second-order valence-electron chi connectivity index (χ2n) is 4.07. The molecule has 0 aromatic heterocycles. The van der Waals surface area contributed by atoms with Crippen LogP contribution < -0.4 is 0 Å². The van der Waals surface area contributed by atoms with Gasteiger partial charge in [-0.3, -0.25) is 10.1 Å². The van der Waals surface area contributed by atoms with Gasteiger partial charge in [0.15, 0.2) is 0 Å². The Kier molecular flexibility index (Phi) is 3.26. The van der Waals surface area contributed by atoms with Crippen molar-refractivity contribution in [1.29, 1.82) is 0 Å². The smallest absolute Gasteiger partial charge is 0.258 e. The fraction of sp³-hybridized carbons (Fsp3) is 0.455. The summed E-state index contributed by atoms with van der Waals surface area (Å²) >= 11 is 0. The van der Waals surface area contributed by atoms with Gasteiger partial charge in [-0.05, 0) is 5.92 Å². The molecule has 16 heavy (non-hydrogen) atoms. The number of hydrogen-bond donors (Lipinski definition) is 0. The Morgan fingerprint density at radius 3 is 2.31 bits per heavy atom. The molecule has 0 aliphatic rings. The monoisotopic (exact) mass is 229 g/mol. The predicted molar refractivity (Wildman–Crippen MR) is 56.8 cm³/mol. The van der Waals surface area contributed by atoms with E-state index in [1.165, 1.54) is 12.1 Å². The quantitative estimate of drug-likeness (QED) is 0.584. The average molecular weight is 229 g/mol. The summed E-state index contributed by atoms with van der Waals surface area (Å²) < 4.78 is 26.0. The summed E-state index contributed by atoms with van der Waals surface area (Å²) in [5.41, 5.74) is -0.101. The molecule has 1 aromatic carbocycles. The van der Waals surface area contributed by atoms with Gasteiger partial charge < -0.3 is 0 Å². The highest BCUT2D eigenvalue weighted by Crippen LogP contribution is 2.33. The van der Waals surface area contributed by atoms with E-state index in [0.717, 1.165) is 13.0 Å². The van der Waals surface area contributed by atoms with E-state index < -0.39 is 10.8 Å². The van der Waals surface area contributed by atoms with Crippen LogP contribution in [0.1, 0.15) is 37.8 Å². The minimum absolute atomic E-state index is 0.0695. The fourth-order valence-electron chi connectivity index (χ4n) is 1.46. The van der Waals surface area contributed by atoms with Crippen molar-refractivity contribution in [2.45, 2.75) is 32.6 Å². The molecule has 0 aliphatic carbocycles. The summed E-state index contributed by atoms with van der Waals surface area (Å²) in [6.45, 7) is 4.29. The number of hydrogen-bond acceptors (Lipinski definition) is 2. The van der Waals surface area contributed by atoms with Gasteiger partial charge in [0.2, 0.25) is 0 Å². The average Bonchev–Trinajstić information content (AvgIpc) is 2.15. The lowest BCUT2D eigenvalue weighted by atomic mass is 9.98. The Morgan fingerprint density at radius 2 is 1.94 bits per heavy atom. The van der Waals surface area contributed by atoms with Gasteiger partial charge in [0.05, 0.1) is 4.92 Å². The summed E-state index contributed by atoms with van der Waals surface area (Å²) in [6.07, 6.45) is 0. The summed E-state index contributed by atoms with van der Waals surface area (Å²) in [7, 11) is 0. The van der Waals surface area contributed by atoms with Crippen molar-refractivity contribution in [3.8, 4) is 0 Å². The molecule has 0 aliphatic heterocycles. The van der Waals surface area contributed by atoms with Crippen molar-refractivity contribution < 1.29 is 13.7 Å². The molecular formula is C11H13F2NO2. The first kappa shape index (κ1) is 12.5. The molecule has 1 rings (SSSR count). The SMILES string of the molecule is CC(C)c1ccc(C(C)(F)F)cc1[N+](=O)[O-]. The van der Waals surface area contributed by atoms with Gasteiger partial charge in [-0.15, -0.1) is 0 Å². The van der Waals surface area contributed by atoms with Crippen molar-refractivity contribution in [3.63, 3.8) is 0 Å². The second-order valence-corrected chi connectivity index (χ2v) is 4.07. The molecule has 5 heteroatoms. The first-order valence-corrected chi connectivity index (χ1v) is 4.90. The molecule has 0 saturated carbocycles. The van der Waals surface area contributed by atoms with E-state index in [2.05, 4.69) is 0 Å². The van der Waals surface area contributed by atoms with E-state index >= 15 is 0 Å². The van der Waals surface area contributed by atoms with Crippen molar-refractivity contribution in [2.75, 3.05) is 0 Å². The lowest BCUT2D eigenvalue weighted by molar-refractivity contribution is -0.385. The van der Waals surface area contributed by atoms with Crippen LogP contribution >= 0.6 is 0 Å². The number of halogens is 2. The largest absolute Gasteiger partial charge is 0.273 e. The minimum atomic E-state index is -3.06. The number of alkyl halides is 2. The van der Waals surface area contributed by atoms with Gasteiger partial charge >= 0.3 is 0 Å².